The molecule has 0 aromatic carbocycles. The third kappa shape index (κ3) is 4.86. The smallest absolute Gasteiger partial charge is 0.0262 e. The Labute approximate surface area is 96.2 Å². The Morgan fingerprint density at radius 2 is 1.67 bits per heavy atom. The van der Waals surface area contributed by atoms with E-state index in [9.17, 15) is 0 Å². The lowest BCUT2D eigenvalue weighted by Crippen LogP contribution is -2.12. The average molecular weight is 208 g/mol. The number of hydrogen-bond donors (Lipinski definition) is 0. The zero-order valence-electron chi connectivity index (χ0n) is 11.0. The molecule has 1 aliphatic rings. The van der Waals surface area contributed by atoms with Crippen molar-refractivity contribution in [1.29, 1.82) is 0 Å². The van der Waals surface area contributed by atoms with Gasteiger partial charge in [-0.3, -0.25) is 0 Å². The second kappa shape index (κ2) is 6.35. The molecule has 0 fully saturated rings. The molecule has 1 aliphatic carbocycles. The maximum atomic E-state index is 2.43. The topological polar surface area (TPSA) is 0 Å². The van der Waals surface area contributed by atoms with Crippen molar-refractivity contribution in [2.24, 2.45) is 23.7 Å². The first-order chi connectivity index (χ1) is 7.09. The van der Waals surface area contributed by atoms with Crippen LogP contribution in [-0.4, -0.2) is 0 Å². The maximum Gasteiger partial charge on any atom is -0.0262 e. The molecule has 0 heterocycles. The molecule has 0 saturated carbocycles. The summed E-state index contributed by atoms with van der Waals surface area (Å²) in [5.41, 5.74) is 0. The summed E-state index contributed by atoms with van der Waals surface area (Å²) in [6.45, 7) is 9.54. The molecule has 0 aliphatic heterocycles. The standard InChI is InChI=1S/C15H28/c1-12(2)15-10-8-13(3)6-5-7-14(4)9-11-15/h5-6,12-15H,7-11H2,1-4H3/b6-5-/t13-,14-,15+/m0/s1. The lowest BCUT2D eigenvalue weighted by Gasteiger charge is -2.24. The molecule has 1 rings (SSSR count). The summed E-state index contributed by atoms with van der Waals surface area (Å²) in [6.07, 6.45) is 11.8. The molecular formula is C15H28. The maximum absolute atomic E-state index is 2.43. The minimum Gasteiger partial charge on any atom is -0.0880 e. The van der Waals surface area contributed by atoms with E-state index in [4.69, 9.17) is 0 Å². The van der Waals surface area contributed by atoms with Crippen molar-refractivity contribution < 1.29 is 0 Å². The molecule has 0 unspecified atom stereocenters. The van der Waals surface area contributed by atoms with Crippen molar-refractivity contribution in [1.82, 2.24) is 0 Å². The van der Waals surface area contributed by atoms with E-state index in [0.29, 0.717) is 0 Å². The third-order valence-electron chi connectivity index (χ3n) is 3.97. The fraction of sp³-hybridized carbons (Fsp3) is 0.867. The fourth-order valence-corrected chi connectivity index (χ4v) is 2.54. The Bertz CT molecular complexity index is 190. The molecule has 0 nitrogen and oxygen atoms in total. The summed E-state index contributed by atoms with van der Waals surface area (Å²) >= 11 is 0. The van der Waals surface area contributed by atoms with E-state index < -0.39 is 0 Å². The van der Waals surface area contributed by atoms with Crippen LogP contribution in [-0.2, 0) is 0 Å². The highest BCUT2D eigenvalue weighted by Gasteiger charge is 2.16. The van der Waals surface area contributed by atoms with Gasteiger partial charge in [0.2, 0.25) is 0 Å². The highest BCUT2D eigenvalue weighted by molar-refractivity contribution is 4.89. The van der Waals surface area contributed by atoms with E-state index in [1.807, 2.05) is 0 Å². The van der Waals surface area contributed by atoms with Gasteiger partial charge in [0.15, 0.2) is 0 Å². The Balaban J connectivity index is 2.54. The summed E-state index contributed by atoms with van der Waals surface area (Å²) in [6, 6.07) is 0. The summed E-state index contributed by atoms with van der Waals surface area (Å²) in [7, 11) is 0. The first-order valence-corrected chi connectivity index (χ1v) is 6.76. The van der Waals surface area contributed by atoms with Gasteiger partial charge in [-0.25, -0.2) is 0 Å². The normalized spacial score (nSPS) is 36.5. The lowest BCUT2D eigenvalue weighted by molar-refractivity contribution is 0.290. The van der Waals surface area contributed by atoms with Crippen LogP contribution in [0.5, 0.6) is 0 Å². The summed E-state index contributed by atoms with van der Waals surface area (Å²) < 4.78 is 0. The van der Waals surface area contributed by atoms with Gasteiger partial charge in [0.05, 0.1) is 0 Å². The van der Waals surface area contributed by atoms with Gasteiger partial charge in [-0.15, -0.1) is 0 Å². The highest BCUT2D eigenvalue weighted by Crippen LogP contribution is 2.28. The van der Waals surface area contributed by atoms with E-state index >= 15 is 0 Å². The number of rotatable bonds is 1. The van der Waals surface area contributed by atoms with Gasteiger partial charge in [-0.2, -0.15) is 0 Å². The van der Waals surface area contributed by atoms with Gasteiger partial charge in [-0.1, -0.05) is 46.3 Å². The first kappa shape index (κ1) is 12.8. The van der Waals surface area contributed by atoms with Gasteiger partial charge in [0, 0.05) is 0 Å². The van der Waals surface area contributed by atoms with E-state index in [0.717, 1.165) is 23.7 Å². The van der Waals surface area contributed by atoms with Gasteiger partial charge < -0.3 is 0 Å². The van der Waals surface area contributed by atoms with Gasteiger partial charge >= 0.3 is 0 Å². The molecule has 0 amide bonds. The molecule has 0 N–H and O–H groups in total. The van der Waals surface area contributed by atoms with Crippen LogP contribution >= 0.6 is 0 Å². The Morgan fingerprint density at radius 3 is 2.33 bits per heavy atom. The molecule has 15 heavy (non-hydrogen) atoms. The number of allylic oxidation sites excluding steroid dienone is 2. The quantitative estimate of drug-likeness (QED) is 0.529. The first-order valence-electron chi connectivity index (χ1n) is 6.76. The fourth-order valence-electron chi connectivity index (χ4n) is 2.54. The predicted octanol–water partition coefficient (Wildman–Crippen LogP) is 5.05. The predicted molar refractivity (Wildman–Crippen MR) is 68.9 cm³/mol. The van der Waals surface area contributed by atoms with Crippen molar-refractivity contribution in [2.45, 2.75) is 59.8 Å². The van der Waals surface area contributed by atoms with Crippen LogP contribution in [0.25, 0.3) is 0 Å². The van der Waals surface area contributed by atoms with Crippen molar-refractivity contribution >= 4 is 0 Å². The molecule has 0 radical (unpaired) electrons. The molecule has 88 valence electrons. The van der Waals surface area contributed by atoms with Crippen LogP contribution in [0.15, 0.2) is 12.2 Å². The van der Waals surface area contributed by atoms with Crippen molar-refractivity contribution in [3.05, 3.63) is 12.2 Å². The van der Waals surface area contributed by atoms with Crippen LogP contribution in [0.3, 0.4) is 0 Å². The monoisotopic (exact) mass is 208 g/mol. The van der Waals surface area contributed by atoms with Crippen LogP contribution < -0.4 is 0 Å². The van der Waals surface area contributed by atoms with E-state index in [-0.39, 0.29) is 0 Å². The zero-order chi connectivity index (χ0) is 11.3. The Morgan fingerprint density at radius 1 is 1.00 bits per heavy atom. The van der Waals surface area contributed by atoms with Crippen LogP contribution in [0.2, 0.25) is 0 Å². The van der Waals surface area contributed by atoms with Crippen LogP contribution in [0.1, 0.15) is 59.8 Å². The average Bonchev–Trinajstić information content (AvgIpc) is 2.16. The van der Waals surface area contributed by atoms with E-state index in [1.54, 1.807) is 0 Å². The van der Waals surface area contributed by atoms with Gasteiger partial charge in [-0.05, 0) is 49.4 Å². The van der Waals surface area contributed by atoms with Crippen LogP contribution in [0, 0.1) is 23.7 Å². The second-order valence-electron chi connectivity index (χ2n) is 5.91. The molecule has 0 spiro atoms. The minimum atomic E-state index is 0.788. The van der Waals surface area contributed by atoms with Gasteiger partial charge in [0.25, 0.3) is 0 Å². The molecule has 0 heteroatoms. The molecule has 0 bridgehead atoms. The van der Waals surface area contributed by atoms with E-state index in [1.165, 1.54) is 32.1 Å². The zero-order valence-corrected chi connectivity index (χ0v) is 11.0. The summed E-state index contributed by atoms with van der Waals surface area (Å²) in [4.78, 5) is 0. The van der Waals surface area contributed by atoms with Crippen LogP contribution in [0.4, 0.5) is 0 Å². The number of hydrogen-bond acceptors (Lipinski definition) is 0. The molecular weight excluding hydrogens is 180 g/mol. The molecule has 3 atom stereocenters. The summed E-state index contributed by atoms with van der Waals surface area (Å²) in [5.74, 6) is 3.50. The Kier molecular flexibility index (Phi) is 5.42. The second-order valence-corrected chi connectivity index (χ2v) is 5.91. The van der Waals surface area contributed by atoms with Crippen molar-refractivity contribution in [3.63, 3.8) is 0 Å². The molecule has 0 aromatic rings. The third-order valence-corrected chi connectivity index (χ3v) is 3.97. The van der Waals surface area contributed by atoms with Gasteiger partial charge in [0.1, 0.15) is 0 Å². The molecule has 0 saturated heterocycles. The Hall–Kier alpha value is -0.260. The van der Waals surface area contributed by atoms with Crippen molar-refractivity contribution in [3.8, 4) is 0 Å². The molecule has 0 aromatic heterocycles. The highest BCUT2D eigenvalue weighted by atomic mass is 14.2. The minimum absolute atomic E-state index is 0.788. The largest absolute Gasteiger partial charge is 0.0880 e. The van der Waals surface area contributed by atoms with E-state index in [2.05, 4.69) is 39.8 Å². The summed E-state index contributed by atoms with van der Waals surface area (Å²) in [5, 5.41) is 0. The SMILES string of the molecule is CC(C)[C@H]1CC[C@@H](C)C/C=C\[C@H](C)CC1. The van der Waals surface area contributed by atoms with Crippen molar-refractivity contribution in [2.75, 3.05) is 0 Å². The lowest BCUT2D eigenvalue weighted by atomic mass is 9.82.